The minimum absolute atomic E-state index is 0.442. The van der Waals surface area contributed by atoms with Crippen molar-refractivity contribution < 1.29 is 9.47 Å². The SMILES string of the molecule is CCOc1ccc(C=Nn2cn[nH]c2=S)cc1OCC. The summed E-state index contributed by atoms with van der Waals surface area (Å²) in [6.07, 6.45) is 3.19. The molecule has 0 aliphatic rings. The third-order valence-electron chi connectivity index (χ3n) is 2.43. The van der Waals surface area contributed by atoms with Crippen molar-refractivity contribution in [3.63, 3.8) is 0 Å². The third kappa shape index (κ3) is 3.45. The Morgan fingerprint density at radius 3 is 2.70 bits per heavy atom. The van der Waals surface area contributed by atoms with Crippen molar-refractivity contribution in [1.29, 1.82) is 0 Å². The van der Waals surface area contributed by atoms with Gasteiger partial charge in [-0.1, -0.05) is 0 Å². The number of ether oxygens (including phenoxy) is 2. The zero-order chi connectivity index (χ0) is 14.4. The van der Waals surface area contributed by atoms with Gasteiger partial charge in [0, 0.05) is 0 Å². The molecule has 20 heavy (non-hydrogen) atoms. The molecule has 2 rings (SSSR count). The first-order chi connectivity index (χ1) is 9.74. The lowest BCUT2D eigenvalue weighted by Crippen LogP contribution is -1.99. The van der Waals surface area contributed by atoms with Crippen LogP contribution < -0.4 is 9.47 Å². The second kappa shape index (κ2) is 6.85. The summed E-state index contributed by atoms with van der Waals surface area (Å²) in [4.78, 5) is 0. The molecule has 6 nitrogen and oxygen atoms in total. The highest BCUT2D eigenvalue weighted by Gasteiger charge is 2.05. The maximum absolute atomic E-state index is 5.56. The zero-order valence-corrected chi connectivity index (χ0v) is 12.2. The smallest absolute Gasteiger partial charge is 0.216 e. The van der Waals surface area contributed by atoms with Crippen LogP contribution in [0.1, 0.15) is 19.4 Å². The van der Waals surface area contributed by atoms with Crippen molar-refractivity contribution in [2.75, 3.05) is 13.2 Å². The van der Waals surface area contributed by atoms with Gasteiger partial charge in [-0.3, -0.25) is 5.10 Å². The standard InChI is InChI=1S/C13H16N4O2S/c1-3-18-11-6-5-10(7-12(11)19-4-2)8-15-17-9-14-16-13(17)20/h5-9H,3-4H2,1-2H3,(H,16,20). The second-order valence-electron chi connectivity index (χ2n) is 3.82. The van der Waals surface area contributed by atoms with Crippen LogP contribution in [-0.4, -0.2) is 34.3 Å². The van der Waals surface area contributed by atoms with E-state index in [0.29, 0.717) is 23.7 Å². The van der Waals surface area contributed by atoms with Crippen LogP contribution in [0, 0.1) is 4.77 Å². The van der Waals surface area contributed by atoms with E-state index in [9.17, 15) is 0 Å². The highest BCUT2D eigenvalue weighted by atomic mass is 32.1. The fourth-order valence-electron chi connectivity index (χ4n) is 1.60. The van der Waals surface area contributed by atoms with Gasteiger partial charge in [0.25, 0.3) is 0 Å². The van der Waals surface area contributed by atoms with Crippen molar-refractivity contribution >= 4 is 18.4 Å². The molecule has 0 radical (unpaired) electrons. The van der Waals surface area contributed by atoms with Crippen LogP contribution in [0.2, 0.25) is 0 Å². The first-order valence-corrected chi connectivity index (χ1v) is 6.71. The number of H-pyrrole nitrogens is 1. The summed E-state index contributed by atoms with van der Waals surface area (Å²) in [5.41, 5.74) is 0.889. The quantitative estimate of drug-likeness (QED) is 0.656. The summed E-state index contributed by atoms with van der Waals surface area (Å²) in [6.45, 7) is 5.04. The van der Waals surface area contributed by atoms with Crippen LogP contribution in [0.5, 0.6) is 11.5 Å². The molecule has 2 aromatic rings. The van der Waals surface area contributed by atoms with E-state index in [-0.39, 0.29) is 0 Å². The van der Waals surface area contributed by atoms with Crippen molar-refractivity contribution in [3.8, 4) is 11.5 Å². The Bertz CT molecular complexity index is 648. The maximum Gasteiger partial charge on any atom is 0.216 e. The fourth-order valence-corrected chi connectivity index (χ4v) is 1.75. The highest BCUT2D eigenvalue weighted by Crippen LogP contribution is 2.27. The lowest BCUT2D eigenvalue weighted by molar-refractivity contribution is 0.288. The van der Waals surface area contributed by atoms with Gasteiger partial charge >= 0.3 is 0 Å². The van der Waals surface area contributed by atoms with E-state index in [0.717, 1.165) is 11.3 Å². The molecule has 0 spiro atoms. The summed E-state index contributed by atoms with van der Waals surface area (Å²) in [5, 5.41) is 10.6. The van der Waals surface area contributed by atoms with Gasteiger partial charge in [-0.15, -0.1) is 0 Å². The largest absolute Gasteiger partial charge is 0.490 e. The third-order valence-corrected chi connectivity index (χ3v) is 2.71. The molecule has 0 unspecified atom stereocenters. The zero-order valence-electron chi connectivity index (χ0n) is 11.4. The van der Waals surface area contributed by atoms with E-state index < -0.39 is 0 Å². The van der Waals surface area contributed by atoms with Gasteiger partial charge in [-0.05, 0) is 49.8 Å². The van der Waals surface area contributed by atoms with Gasteiger partial charge in [-0.25, -0.2) is 0 Å². The number of aromatic amines is 1. The summed E-state index contributed by atoms with van der Waals surface area (Å²) < 4.78 is 13.0. The van der Waals surface area contributed by atoms with E-state index >= 15 is 0 Å². The minimum atomic E-state index is 0.442. The monoisotopic (exact) mass is 292 g/mol. The van der Waals surface area contributed by atoms with Gasteiger partial charge in [0.05, 0.1) is 19.4 Å². The number of nitrogens with zero attached hydrogens (tertiary/aromatic N) is 3. The normalized spacial score (nSPS) is 10.9. The lowest BCUT2D eigenvalue weighted by Gasteiger charge is -2.10. The Kier molecular flexibility index (Phi) is 4.89. The molecule has 0 aliphatic heterocycles. The Balaban J connectivity index is 2.24. The van der Waals surface area contributed by atoms with Crippen LogP contribution >= 0.6 is 12.2 Å². The number of benzene rings is 1. The molecule has 0 bridgehead atoms. The van der Waals surface area contributed by atoms with Gasteiger partial charge in [0.15, 0.2) is 11.5 Å². The molecule has 1 aromatic heterocycles. The van der Waals surface area contributed by atoms with Gasteiger partial charge in [0.2, 0.25) is 4.77 Å². The average molecular weight is 292 g/mol. The second-order valence-corrected chi connectivity index (χ2v) is 4.21. The van der Waals surface area contributed by atoms with Gasteiger partial charge in [0.1, 0.15) is 6.33 Å². The van der Waals surface area contributed by atoms with Crippen LogP contribution in [0.4, 0.5) is 0 Å². The Hall–Kier alpha value is -2.15. The van der Waals surface area contributed by atoms with Gasteiger partial charge in [-0.2, -0.15) is 14.9 Å². The van der Waals surface area contributed by atoms with E-state index in [1.807, 2.05) is 32.0 Å². The fraction of sp³-hybridized carbons (Fsp3) is 0.308. The van der Waals surface area contributed by atoms with Crippen molar-refractivity contribution in [1.82, 2.24) is 14.9 Å². The molecule has 0 aliphatic carbocycles. The molecule has 0 amide bonds. The van der Waals surface area contributed by atoms with Crippen molar-refractivity contribution in [2.45, 2.75) is 13.8 Å². The predicted molar refractivity (Wildman–Crippen MR) is 79.2 cm³/mol. The summed E-state index contributed by atoms with van der Waals surface area (Å²) in [6, 6.07) is 5.65. The molecular formula is C13H16N4O2S. The van der Waals surface area contributed by atoms with Crippen LogP contribution in [0.25, 0.3) is 0 Å². The molecular weight excluding hydrogens is 276 g/mol. The molecule has 0 fully saturated rings. The van der Waals surface area contributed by atoms with Crippen molar-refractivity contribution in [3.05, 3.63) is 34.9 Å². The molecule has 0 atom stereocenters. The molecule has 1 heterocycles. The molecule has 106 valence electrons. The van der Waals surface area contributed by atoms with Crippen LogP contribution in [0.3, 0.4) is 0 Å². The van der Waals surface area contributed by atoms with Gasteiger partial charge < -0.3 is 9.47 Å². The maximum atomic E-state index is 5.56. The summed E-state index contributed by atoms with van der Waals surface area (Å²) >= 11 is 5.01. The summed E-state index contributed by atoms with van der Waals surface area (Å²) in [7, 11) is 0. The number of aromatic nitrogens is 3. The van der Waals surface area contributed by atoms with Crippen LogP contribution in [0.15, 0.2) is 29.6 Å². The Labute approximate surface area is 122 Å². The number of hydrogen-bond acceptors (Lipinski definition) is 5. The lowest BCUT2D eigenvalue weighted by atomic mass is 10.2. The minimum Gasteiger partial charge on any atom is -0.490 e. The molecule has 7 heteroatoms. The average Bonchev–Trinajstić information content (AvgIpc) is 2.85. The van der Waals surface area contributed by atoms with Crippen molar-refractivity contribution in [2.24, 2.45) is 5.10 Å². The first kappa shape index (κ1) is 14.3. The summed E-state index contributed by atoms with van der Waals surface area (Å²) in [5.74, 6) is 1.43. The molecule has 1 aromatic carbocycles. The predicted octanol–water partition coefficient (Wildman–Crippen LogP) is 2.62. The first-order valence-electron chi connectivity index (χ1n) is 6.30. The highest BCUT2D eigenvalue weighted by molar-refractivity contribution is 7.71. The number of hydrogen-bond donors (Lipinski definition) is 1. The molecule has 0 saturated carbocycles. The van der Waals surface area contributed by atoms with E-state index in [2.05, 4.69) is 15.3 Å². The molecule has 1 N–H and O–H groups in total. The van der Waals surface area contributed by atoms with E-state index in [1.165, 1.54) is 11.0 Å². The van der Waals surface area contributed by atoms with E-state index in [1.54, 1.807) is 6.21 Å². The Morgan fingerprint density at radius 1 is 1.30 bits per heavy atom. The van der Waals surface area contributed by atoms with E-state index in [4.69, 9.17) is 21.7 Å². The number of rotatable bonds is 6. The molecule has 0 saturated heterocycles. The topological polar surface area (TPSA) is 64.4 Å². The Morgan fingerprint density at radius 2 is 2.05 bits per heavy atom. The van der Waals surface area contributed by atoms with Crippen LogP contribution in [-0.2, 0) is 0 Å². The number of nitrogens with one attached hydrogen (secondary N) is 1.